The zero-order valence-corrected chi connectivity index (χ0v) is 11.8. The average molecular weight is 286 g/mol. The number of hydrogen-bond acceptors (Lipinski definition) is 4. The number of nitrogens with zero attached hydrogens (tertiary/aromatic N) is 1. The third-order valence-corrected chi connectivity index (χ3v) is 4.09. The Kier molecular flexibility index (Phi) is 4.82. The minimum Gasteiger partial charge on any atom is -0.481 e. The number of carboxylic acid groups (broad SMARTS) is 1. The van der Waals surface area contributed by atoms with Gasteiger partial charge in [0.15, 0.2) is 0 Å². The summed E-state index contributed by atoms with van der Waals surface area (Å²) in [5.41, 5.74) is -0.206. The van der Waals surface area contributed by atoms with Gasteiger partial charge in [-0.05, 0) is 19.3 Å². The lowest BCUT2D eigenvalue weighted by molar-refractivity contribution is -0.141. The van der Waals surface area contributed by atoms with E-state index in [1.165, 1.54) is 0 Å². The van der Waals surface area contributed by atoms with Gasteiger partial charge in [-0.2, -0.15) is 0 Å². The second kappa shape index (κ2) is 6.41. The average Bonchev–Trinajstić information content (AvgIpc) is 2.37. The van der Waals surface area contributed by atoms with Gasteiger partial charge in [0.1, 0.15) is 0 Å². The highest BCUT2D eigenvalue weighted by molar-refractivity contribution is 5.74. The standard InChI is InChI=1S/C13H22N2O5/c1-19-13(3-2-4-13)9-14-12(18)15-5-6-20-10(8-15)7-11(16)17/h10H,2-9H2,1H3,(H,14,18)(H,16,17). The Bertz CT molecular complexity index is 364. The molecule has 1 atom stereocenters. The van der Waals surface area contributed by atoms with E-state index >= 15 is 0 Å². The first kappa shape index (κ1) is 15.1. The van der Waals surface area contributed by atoms with E-state index < -0.39 is 12.1 Å². The largest absolute Gasteiger partial charge is 0.481 e. The van der Waals surface area contributed by atoms with Crippen LogP contribution in [0.15, 0.2) is 0 Å². The molecular formula is C13H22N2O5. The molecule has 2 amide bonds. The first-order chi connectivity index (χ1) is 9.54. The number of morpholine rings is 1. The quantitative estimate of drug-likeness (QED) is 0.765. The van der Waals surface area contributed by atoms with Crippen molar-refractivity contribution in [1.29, 1.82) is 0 Å². The Morgan fingerprint density at radius 2 is 2.25 bits per heavy atom. The molecule has 20 heavy (non-hydrogen) atoms. The minimum absolute atomic E-state index is 0.0776. The molecular weight excluding hydrogens is 264 g/mol. The van der Waals surface area contributed by atoms with E-state index in [4.69, 9.17) is 14.6 Å². The van der Waals surface area contributed by atoms with Crippen molar-refractivity contribution in [1.82, 2.24) is 10.2 Å². The van der Waals surface area contributed by atoms with Crippen LogP contribution >= 0.6 is 0 Å². The van der Waals surface area contributed by atoms with Crippen molar-refractivity contribution in [3.8, 4) is 0 Å². The van der Waals surface area contributed by atoms with Gasteiger partial charge in [-0.15, -0.1) is 0 Å². The SMILES string of the molecule is COC1(CNC(=O)N2CCOC(CC(=O)O)C2)CCC1. The van der Waals surface area contributed by atoms with Gasteiger partial charge >= 0.3 is 12.0 Å². The van der Waals surface area contributed by atoms with Crippen molar-refractivity contribution in [3.63, 3.8) is 0 Å². The van der Waals surface area contributed by atoms with Gasteiger partial charge < -0.3 is 24.8 Å². The lowest BCUT2D eigenvalue weighted by atomic mass is 9.80. The maximum Gasteiger partial charge on any atom is 0.317 e. The Labute approximate surface area is 118 Å². The topological polar surface area (TPSA) is 88.1 Å². The number of hydrogen-bond donors (Lipinski definition) is 2. The summed E-state index contributed by atoms with van der Waals surface area (Å²) in [5, 5.41) is 11.6. The Balaban J connectivity index is 1.78. The Morgan fingerprint density at radius 3 is 2.80 bits per heavy atom. The van der Waals surface area contributed by atoms with E-state index in [-0.39, 0.29) is 18.1 Å². The molecule has 7 heteroatoms. The predicted octanol–water partition coefficient (Wildman–Crippen LogP) is 0.441. The molecule has 1 aliphatic carbocycles. The summed E-state index contributed by atoms with van der Waals surface area (Å²) in [6.45, 7) is 1.68. The first-order valence-electron chi connectivity index (χ1n) is 6.96. The molecule has 0 spiro atoms. The maximum absolute atomic E-state index is 12.1. The van der Waals surface area contributed by atoms with Crippen molar-refractivity contribution in [2.75, 3.05) is 33.4 Å². The summed E-state index contributed by atoms with van der Waals surface area (Å²) >= 11 is 0. The normalized spacial score (nSPS) is 24.9. The van der Waals surface area contributed by atoms with Crippen LogP contribution in [0.2, 0.25) is 0 Å². The van der Waals surface area contributed by atoms with Crippen molar-refractivity contribution < 1.29 is 24.2 Å². The van der Waals surface area contributed by atoms with Crippen molar-refractivity contribution in [3.05, 3.63) is 0 Å². The molecule has 2 rings (SSSR count). The molecule has 0 bridgehead atoms. The van der Waals surface area contributed by atoms with Crippen LogP contribution < -0.4 is 5.32 Å². The molecule has 1 saturated carbocycles. The number of carbonyl (C=O) groups excluding carboxylic acids is 1. The lowest BCUT2D eigenvalue weighted by Gasteiger charge is -2.41. The summed E-state index contributed by atoms with van der Waals surface area (Å²) in [6.07, 6.45) is 2.56. The van der Waals surface area contributed by atoms with Crippen molar-refractivity contribution in [2.24, 2.45) is 0 Å². The van der Waals surface area contributed by atoms with Crippen LogP contribution in [0.4, 0.5) is 4.79 Å². The molecule has 0 radical (unpaired) electrons. The van der Waals surface area contributed by atoms with Gasteiger partial charge in [-0.1, -0.05) is 0 Å². The second-order valence-corrected chi connectivity index (χ2v) is 5.44. The molecule has 1 aliphatic heterocycles. The number of nitrogens with one attached hydrogen (secondary N) is 1. The van der Waals surface area contributed by atoms with Crippen LogP contribution in [0.3, 0.4) is 0 Å². The fourth-order valence-electron chi connectivity index (χ4n) is 2.59. The smallest absolute Gasteiger partial charge is 0.317 e. The molecule has 0 aromatic carbocycles. The highest BCUT2D eigenvalue weighted by atomic mass is 16.5. The molecule has 2 N–H and O–H groups in total. The van der Waals surface area contributed by atoms with Gasteiger partial charge in [0.2, 0.25) is 0 Å². The number of carbonyl (C=O) groups is 2. The summed E-state index contributed by atoms with van der Waals surface area (Å²) in [4.78, 5) is 24.4. The van der Waals surface area contributed by atoms with Crippen LogP contribution in [0.1, 0.15) is 25.7 Å². The number of ether oxygens (including phenoxy) is 2. The molecule has 0 aromatic heterocycles. The summed E-state index contributed by atoms with van der Waals surface area (Å²) in [6, 6.07) is -0.174. The number of methoxy groups -OCH3 is 1. The molecule has 2 fully saturated rings. The zero-order valence-electron chi connectivity index (χ0n) is 11.8. The Morgan fingerprint density at radius 1 is 1.50 bits per heavy atom. The third kappa shape index (κ3) is 3.61. The maximum atomic E-state index is 12.1. The molecule has 1 saturated heterocycles. The number of aliphatic carboxylic acids is 1. The highest BCUT2D eigenvalue weighted by Gasteiger charge is 2.37. The molecule has 2 aliphatic rings. The van der Waals surface area contributed by atoms with E-state index in [2.05, 4.69) is 5.32 Å². The van der Waals surface area contributed by atoms with Gasteiger partial charge in [0, 0.05) is 26.7 Å². The van der Waals surface area contributed by atoms with Crippen molar-refractivity contribution >= 4 is 12.0 Å². The van der Waals surface area contributed by atoms with Gasteiger partial charge in [-0.3, -0.25) is 4.79 Å². The van der Waals surface area contributed by atoms with Gasteiger partial charge in [0.25, 0.3) is 0 Å². The summed E-state index contributed by atoms with van der Waals surface area (Å²) in [7, 11) is 1.67. The van der Waals surface area contributed by atoms with Crippen LogP contribution in [-0.4, -0.2) is 67.1 Å². The first-order valence-corrected chi connectivity index (χ1v) is 6.96. The molecule has 1 unspecified atom stereocenters. The minimum atomic E-state index is -0.912. The van der Waals surface area contributed by atoms with Gasteiger partial charge in [-0.25, -0.2) is 4.79 Å². The monoisotopic (exact) mass is 286 g/mol. The number of amides is 2. The highest BCUT2D eigenvalue weighted by Crippen LogP contribution is 2.34. The van der Waals surface area contributed by atoms with E-state index in [0.717, 1.165) is 19.3 Å². The zero-order chi connectivity index (χ0) is 14.6. The molecule has 0 aromatic rings. The van der Waals surface area contributed by atoms with Crippen LogP contribution in [-0.2, 0) is 14.3 Å². The van der Waals surface area contributed by atoms with E-state index in [0.29, 0.717) is 26.2 Å². The number of urea groups is 1. The summed E-state index contributed by atoms with van der Waals surface area (Å²) in [5.74, 6) is -0.912. The molecule has 114 valence electrons. The van der Waals surface area contributed by atoms with Crippen LogP contribution in [0.25, 0.3) is 0 Å². The fraction of sp³-hybridized carbons (Fsp3) is 0.846. The predicted molar refractivity (Wildman–Crippen MR) is 70.6 cm³/mol. The number of carboxylic acids is 1. The van der Waals surface area contributed by atoms with Crippen LogP contribution in [0.5, 0.6) is 0 Å². The number of rotatable bonds is 5. The molecule has 1 heterocycles. The summed E-state index contributed by atoms with van der Waals surface area (Å²) < 4.78 is 10.8. The van der Waals surface area contributed by atoms with Gasteiger partial charge in [0.05, 0.1) is 24.7 Å². The van der Waals surface area contributed by atoms with E-state index in [1.54, 1.807) is 12.0 Å². The third-order valence-electron chi connectivity index (χ3n) is 4.09. The fourth-order valence-corrected chi connectivity index (χ4v) is 2.59. The lowest BCUT2D eigenvalue weighted by Crippen LogP contribution is -2.55. The molecule has 7 nitrogen and oxygen atoms in total. The Hall–Kier alpha value is -1.34. The van der Waals surface area contributed by atoms with E-state index in [1.807, 2.05) is 0 Å². The van der Waals surface area contributed by atoms with E-state index in [9.17, 15) is 9.59 Å². The van der Waals surface area contributed by atoms with Crippen LogP contribution in [0, 0.1) is 0 Å². The van der Waals surface area contributed by atoms with Crippen molar-refractivity contribution in [2.45, 2.75) is 37.4 Å². The second-order valence-electron chi connectivity index (χ2n) is 5.44.